The van der Waals surface area contributed by atoms with E-state index in [1.807, 2.05) is 44.2 Å². The van der Waals surface area contributed by atoms with E-state index >= 15 is 0 Å². The Morgan fingerprint density at radius 1 is 0.960 bits per heavy atom. The summed E-state index contributed by atoms with van der Waals surface area (Å²) in [5, 5.41) is 6.26. The number of anilines is 1. The Labute approximate surface area is 153 Å². The Kier molecular flexibility index (Phi) is 5.85. The summed E-state index contributed by atoms with van der Waals surface area (Å²) in [5.41, 5.74) is 2.65. The quantitative estimate of drug-likeness (QED) is 0.785. The summed E-state index contributed by atoms with van der Waals surface area (Å²) in [5.74, 6) is -0.673. The average Bonchev–Trinajstić information content (AvgIpc) is 2.57. The molecule has 0 saturated heterocycles. The van der Waals surface area contributed by atoms with E-state index < -0.39 is 5.41 Å². The monoisotopic (exact) mass is 358 g/mol. The molecular formula is C20H23ClN2O2. The standard InChI is InChI=1S/C20H23ClN2O2/c1-13-5-10-17(11-14(13)2)23-19(25)20(3,4)18(24)22-12-15-6-8-16(21)9-7-15/h5-11H,12H2,1-4H3,(H,22,24)(H,23,25). The second-order valence-corrected chi connectivity index (χ2v) is 7.12. The largest absolute Gasteiger partial charge is 0.351 e. The molecule has 0 spiro atoms. The van der Waals surface area contributed by atoms with Crippen molar-refractivity contribution >= 4 is 29.1 Å². The molecule has 0 radical (unpaired) electrons. The second-order valence-electron chi connectivity index (χ2n) is 6.69. The van der Waals surface area contributed by atoms with Gasteiger partial charge in [0.1, 0.15) is 5.41 Å². The Balaban J connectivity index is 2.00. The maximum absolute atomic E-state index is 12.5. The van der Waals surface area contributed by atoms with Crippen molar-refractivity contribution in [1.82, 2.24) is 5.32 Å². The lowest BCUT2D eigenvalue weighted by Crippen LogP contribution is -2.44. The zero-order chi connectivity index (χ0) is 18.6. The zero-order valence-corrected chi connectivity index (χ0v) is 15.7. The molecule has 0 aliphatic carbocycles. The lowest BCUT2D eigenvalue weighted by Gasteiger charge is -2.23. The molecule has 2 aromatic carbocycles. The molecule has 2 aromatic rings. The predicted octanol–water partition coefficient (Wildman–Crippen LogP) is 4.24. The summed E-state index contributed by atoms with van der Waals surface area (Å²) < 4.78 is 0. The highest BCUT2D eigenvalue weighted by Crippen LogP contribution is 2.21. The van der Waals surface area contributed by atoms with Crippen LogP contribution in [-0.2, 0) is 16.1 Å². The molecule has 2 amide bonds. The van der Waals surface area contributed by atoms with E-state index in [1.54, 1.807) is 26.0 Å². The van der Waals surface area contributed by atoms with Gasteiger partial charge in [0, 0.05) is 17.3 Å². The van der Waals surface area contributed by atoms with E-state index in [9.17, 15) is 9.59 Å². The topological polar surface area (TPSA) is 58.2 Å². The van der Waals surface area contributed by atoms with Crippen LogP contribution < -0.4 is 10.6 Å². The summed E-state index contributed by atoms with van der Waals surface area (Å²) in [4.78, 5) is 25.0. The van der Waals surface area contributed by atoms with Gasteiger partial charge in [0.05, 0.1) is 0 Å². The summed E-state index contributed by atoms with van der Waals surface area (Å²) in [6.07, 6.45) is 0. The van der Waals surface area contributed by atoms with Crippen LogP contribution in [0.3, 0.4) is 0 Å². The van der Waals surface area contributed by atoms with Gasteiger partial charge in [-0.25, -0.2) is 0 Å². The molecule has 4 nitrogen and oxygen atoms in total. The SMILES string of the molecule is Cc1ccc(NC(=O)C(C)(C)C(=O)NCc2ccc(Cl)cc2)cc1C. The number of carbonyl (C=O) groups excluding carboxylic acids is 2. The normalized spacial score (nSPS) is 11.1. The molecule has 2 N–H and O–H groups in total. The molecule has 25 heavy (non-hydrogen) atoms. The van der Waals surface area contributed by atoms with Crippen molar-refractivity contribution in [1.29, 1.82) is 0 Å². The van der Waals surface area contributed by atoms with E-state index in [0.29, 0.717) is 17.3 Å². The van der Waals surface area contributed by atoms with Crippen molar-refractivity contribution in [3.05, 3.63) is 64.2 Å². The van der Waals surface area contributed by atoms with E-state index in [-0.39, 0.29) is 11.8 Å². The number of benzene rings is 2. The van der Waals surface area contributed by atoms with Crippen molar-refractivity contribution < 1.29 is 9.59 Å². The summed E-state index contributed by atoms with van der Waals surface area (Å²) in [6, 6.07) is 12.9. The number of aryl methyl sites for hydroxylation is 2. The first-order valence-corrected chi connectivity index (χ1v) is 8.49. The van der Waals surface area contributed by atoms with Gasteiger partial charge in [-0.15, -0.1) is 0 Å². The highest BCUT2D eigenvalue weighted by atomic mass is 35.5. The first kappa shape index (κ1) is 19.0. The fourth-order valence-electron chi connectivity index (χ4n) is 2.22. The number of rotatable bonds is 5. The number of amides is 2. The van der Waals surface area contributed by atoms with Crippen molar-refractivity contribution in [3.8, 4) is 0 Å². The third kappa shape index (κ3) is 4.83. The van der Waals surface area contributed by atoms with Crippen LogP contribution in [0.4, 0.5) is 5.69 Å². The summed E-state index contributed by atoms with van der Waals surface area (Å²) in [6.45, 7) is 7.56. The van der Waals surface area contributed by atoms with Gasteiger partial charge in [0.25, 0.3) is 0 Å². The molecule has 132 valence electrons. The Hall–Kier alpha value is -2.33. The van der Waals surface area contributed by atoms with Crippen LogP contribution in [0.25, 0.3) is 0 Å². The number of carbonyl (C=O) groups is 2. The van der Waals surface area contributed by atoms with Gasteiger partial charge in [-0.3, -0.25) is 9.59 Å². The molecule has 0 unspecified atom stereocenters. The van der Waals surface area contributed by atoms with E-state index in [2.05, 4.69) is 10.6 Å². The highest BCUT2D eigenvalue weighted by molar-refractivity contribution is 6.30. The Morgan fingerprint density at radius 3 is 2.20 bits per heavy atom. The maximum atomic E-state index is 12.5. The maximum Gasteiger partial charge on any atom is 0.239 e. The first-order chi connectivity index (χ1) is 11.7. The fraction of sp³-hybridized carbons (Fsp3) is 0.300. The molecule has 5 heteroatoms. The minimum atomic E-state index is -1.19. The van der Waals surface area contributed by atoms with Crippen LogP contribution >= 0.6 is 11.6 Å². The van der Waals surface area contributed by atoms with Gasteiger partial charge in [0.2, 0.25) is 11.8 Å². The van der Waals surface area contributed by atoms with Crippen molar-refractivity contribution in [3.63, 3.8) is 0 Å². The molecule has 0 heterocycles. The lowest BCUT2D eigenvalue weighted by molar-refractivity contribution is -0.138. The zero-order valence-electron chi connectivity index (χ0n) is 14.9. The van der Waals surface area contributed by atoms with Crippen molar-refractivity contribution in [2.45, 2.75) is 34.2 Å². The van der Waals surface area contributed by atoms with Gasteiger partial charge in [-0.05, 0) is 68.7 Å². The molecule has 0 aromatic heterocycles. The molecular weight excluding hydrogens is 336 g/mol. The van der Waals surface area contributed by atoms with Crippen LogP contribution in [0.15, 0.2) is 42.5 Å². The van der Waals surface area contributed by atoms with Crippen LogP contribution in [0, 0.1) is 19.3 Å². The number of nitrogens with one attached hydrogen (secondary N) is 2. The third-order valence-electron chi connectivity index (χ3n) is 4.27. The van der Waals surface area contributed by atoms with Crippen LogP contribution in [0.1, 0.15) is 30.5 Å². The summed E-state index contributed by atoms with van der Waals surface area (Å²) >= 11 is 5.85. The Bertz CT molecular complexity index is 783. The van der Waals surface area contributed by atoms with Gasteiger partial charge in [-0.2, -0.15) is 0 Å². The average molecular weight is 359 g/mol. The van der Waals surface area contributed by atoms with E-state index in [4.69, 9.17) is 11.6 Å². The van der Waals surface area contributed by atoms with Gasteiger partial charge in [0.15, 0.2) is 0 Å². The minimum Gasteiger partial charge on any atom is -0.351 e. The van der Waals surface area contributed by atoms with Gasteiger partial charge >= 0.3 is 0 Å². The van der Waals surface area contributed by atoms with E-state index in [0.717, 1.165) is 16.7 Å². The number of halogens is 1. The first-order valence-electron chi connectivity index (χ1n) is 8.11. The molecule has 0 saturated carbocycles. The van der Waals surface area contributed by atoms with Gasteiger partial charge < -0.3 is 10.6 Å². The Morgan fingerprint density at radius 2 is 1.60 bits per heavy atom. The summed E-state index contributed by atoms with van der Waals surface area (Å²) in [7, 11) is 0. The van der Waals surface area contributed by atoms with Gasteiger partial charge in [-0.1, -0.05) is 29.8 Å². The molecule has 0 aliphatic rings. The number of hydrogen-bond donors (Lipinski definition) is 2. The van der Waals surface area contributed by atoms with E-state index in [1.165, 1.54) is 0 Å². The number of hydrogen-bond acceptors (Lipinski definition) is 2. The molecule has 0 atom stereocenters. The lowest BCUT2D eigenvalue weighted by atomic mass is 9.90. The second kappa shape index (κ2) is 7.70. The molecule has 0 fully saturated rings. The molecule has 0 bridgehead atoms. The van der Waals surface area contributed by atoms with Crippen LogP contribution in [0.2, 0.25) is 5.02 Å². The van der Waals surface area contributed by atoms with Crippen LogP contribution in [-0.4, -0.2) is 11.8 Å². The molecule has 2 rings (SSSR count). The minimum absolute atomic E-state index is 0.330. The van der Waals surface area contributed by atoms with Crippen LogP contribution in [0.5, 0.6) is 0 Å². The third-order valence-corrected chi connectivity index (χ3v) is 4.52. The predicted molar refractivity (Wildman–Crippen MR) is 102 cm³/mol. The fourth-order valence-corrected chi connectivity index (χ4v) is 2.34. The van der Waals surface area contributed by atoms with Crippen molar-refractivity contribution in [2.24, 2.45) is 5.41 Å². The smallest absolute Gasteiger partial charge is 0.239 e. The van der Waals surface area contributed by atoms with Crippen molar-refractivity contribution in [2.75, 3.05) is 5.32 Å². The highest BCUT2D eigenvalue weighted by Gasteiger charge is 2.35. The molecule has 0 aliphatic heterocycles.